The van der Waals surface area contributed by atoms with Gasteiger partial charge in [0.15, 0.2) is 9.84 Å². The van der Waals surface area contributed by atoms with E-state index in [-0.39, 0.29) is 10.8 Å². The summed E-state index contributed by atoms with van der Waals surface area (Å²) in [6.07, 6.45) is -1.68. The molecule has 0 spiro atoms. The van der Waals surface area contributed by atoms with Crippen molar-refractivity contribution in [3.63, 3.8) is 0 Å². The second-order valence-corrected chi connectivity index (χ2v) is 12.2. The highest BCUT2D eigenvalue weighted by Crippen LogP contribution is 2.35. The Hall–Kier alpha value is -4.36. The summed E-state index contributed by atoms with van der Waals surface area (Å²) in [6.45, 7) is 0. The number of hydrogen-bond acceptors (Lipinski definition) is 8. The number of rotatable bonds is 8. The molecule has 14 heteroatoms. The zero-order valence-electron chi connectivity index (χ0n) is 22.6. The molecule has 0 saturated carbocycles. The summed E-state index contributed by atoms with van der Waals surface area (Å²) in [5, 5.41) is 6.07. The predicted molar refractivity (Wildman–Crippen MR) is 159 cm³/mol. The minimum absolute atomic E-state index is 0.0367. The maximum atomic E-state index is 13.0. The predicted octanol–water partition coefficient (Wildman–Crippen LogP) is 6.84. The third kappa shape index (κ3) is 6.58. The number of nitrogens with one attached hydrogen (secondary N) is 2. The van der Waals surface area contributed by atoms with E-state index < -0.39 is 21.6 Å². The minimum Gasteiger partial charge on any atom is -0.329 e. The van der Waals surface area contributed by atoms with E-state index in [1.807, 2.05) is 30.1 Å². The minimum atomic E-state index is -4.49. The van der Waals surface area contributed by atoms with Gasteiger partial charge < -0.3 is 20.1 Å². The molecule has 0 fully saturated rings. The average Bonchev–Trinajstić information content (AvgIpc) is 3.23. The van der Waals surface area contributed by atoms with E-state index in [1.165, 1.54) is 12.3 Å². The van der Waals surface area contributed by atoms with Crippen LogP contribution in [0, 0.1) is 0 Å². The number of halogens is 4. The van der Waals surface area contributed by atoms with Crippen molar-refractivity contribution in [1.82, 2.24) is 19.5 Å². The Morgan fingerprint density at radius 1 is 0.976 bits per heavy atom. The number of alkyl halides is 3. The Kier molecular flexibility index (Phi) is 7.73. The summed E-state index contributed by atoms with van der Waals surface area (Å²) < 4.78 is 63.8. The highest BCUT2D eigenvalue weighted by Gasteiger charge is 2.31. The SMILES string of the molecule is CN(c1ccc2c(c1)nc(Nc1ccc(C(F)(F)F)cc1Cl)n2C)c1ccnc(Nc2ccc(CS(C)(=O)=O)cc2)n1. The third-order valence-electron chi connectivity index (χ3n) is 6.42. The fraction of sp³-hybridized carbons (Fsp3) is 0.179. The summed E-state index contributed by atoms with van der Waals surface area (Å²) in [4.78, 5) is 15.4. The van der Waals surface area contributed by atoms with Gasteiger partial charge in [0, 0.05) is 37.9 Å². The first-order chi connectivity index (χ1) is 19.8. The fourth-order valence-corrected chi connectivity index (χ4v) is 5.29. The van der Waals surface area contributed by atoms with Crippen molar-refractivity contribution in [1.29, 1.82) is 0 Å². The molecule has 2 aromatic heterocycles. The van der Waals surface area contributed by atoms with Crippen LogP contribution in [0.3, 0.4) is 0 Å². The van der Waals surface area contributed by atoms with Gasteiger partial charge in [0.05, 0.1) is 33.1 Å². The normalized spacial score (nSPS) is 12.0. The van der Waals surface area contributed by atoms with Crippen LogP contribution in [0.5, 0.6) is 0 Å². The first-order valence-electron chi connectivity index (χ1n) is 12.5. The zero-order chi connectivity index (χ0) is 30.2. The van der Waals surface area contributed by atoms with Crippen LogP contribution < -0.4 is 15.5 Å². The van der Waals surface area contributed by atoms with E-state index in [4.69, 9.17) is 11.6 Å². The molecule has 0 aliphatic heterocycles. The summed E-state index contributed by atoms with van der Waals surface area (Å²) in [5.41, 5.74) is 3.08. The molecule has 0 amide bonds. The van der Waals surface area contributed by atoms with E-state index in [2.05, 4.69) is 25.6 Å². The number of benzene rings is 3. The van der Waals surface area contributed by atoms with Crippen molar-refractivity contribution in [2.75, 3.05) is 28.8 Å². The first-order valence-corrected chi connectivity index (χ1v) is 14.9. The van der Waals surface area contributed by atoms with E-state index in [0.29, 0.717) is 40.2 Å². The van der Waals surface area contributed by atoms with Crippen LogP contribution in [0.2, 0.25) is 5.02 Å². The number of nitrogens with zero attached hydrogens (tertiary/aromatic N) is 5. The number of hydrogen-bond donors (Lipinski definition) is 2. The van der Waals surface area contributed by atoms with Crippen LogP contribution in [0.1, 0.15) is 11.1 Å². The second-order valence-electron chi connectivity index (χ2n) is 9.67. The van der Waals surface area contributed by atoms with Crippen molar-refractivity contribution in [2.24, 2.45) is 7.05 Å². The summed E-state index contributed by atoms with van der Waals surface area (Å²) >= 11 is 6.12. The number of sulfone groups is 1. The van der Waals surface area contributed by atoms with Crippen molar-refractivity contribution in [3.05, 3.63) is 89.1 Å². The maximum absolute atomic E-state index is 13.0. The van der Waals surface area contributed by atoms with Gasteiger partial charge in [-0.25, -0.2) is 18.4 Å². The Labute approximate surface area is 244 Å². The lowest BCUT2D eigenvalue weighted by Gasteiger charge is -2.19. The molecule has 0 atom stereocenters. The largest absolute Gasteiger partial charge is 0.416 e. The number of aryl methyl sites for hydroxylation is 1. The molecular weight excluding hydrogens is 591 g/mol. The molecule has 0 bridgehead atoms. The van der Waals surface area contributed by atoms with E-state index in [0.717, 1.165) is 23.3 Å². The molecule has 5 rings (SSSR count). The number of fused-ring (bicyclic) bond motifs is 1. The first kappa shape index (κ1) is 29.1. The zero-order valence-corrected chi connectivity index (χ0v) is 24.2. The quantitative estimate of drug-likeness (QED) is 0.196. The smallest absolute Gasteiger partial charge is 0.329 e. The summed E-state index contributed by atoms with van der Waals surface area (Å²) in [5.74, 6) is 1.33. The average molecular weight is 616 g/mol. The Morgan fingerprint density at radius 2 is 1.71 bits per heavy atom. The van der Waals surface area contributed by atoms with Crippen LogP contribution in [-0.4, -0.2) is 41.2 Å². The molecule has 0 saturated heterocycles. The summed E-state index contributed by atoms with van der Waals surface area (Å²) in [7, 11) is 0.505. The lowest BCUT2D eigenvalue weighted by Crippen LogP contribution is -2.12. The lowest BCUT2D eigenvalue weighted by molar-refractivity contribution is -0.137. The van der Waals surface area contributed by atoms with Crippen molar-refractivity contribution >= 4 is 67.2 Å². The van der Waals surface area contributed by atoms with Gasteiger partial charge in [-0.1, -0.05) is 23.7 Å². The molecule has 42 heavy (non-hydrogen) atoms. The Bertz CT molecular complexity index is 1880. The number of anilines is 6. The van der Waals surface area contributed by atoms with Crippen LogP contribution in [-0.2, 0) is 28.8 Å². The van der Waals surface area contributed by atoms with Crippen LogP contribution in [0.4, 0.5) is 47.9 Å². The molecule has 3 aromatic carbocycles. The van der Waals surface area contributed by atoms with E-state index in [1.54, 1.807) is 48.1 Å². The molecular formula is C28H25ClF3N7O2S. The molecule has 0 unspecified atom stereocenters. The van der Waals surface area contributed by atoms with Gasteiger partial charge in [-0.05, 0) is 60.2 Å². The number of aromatic nitrogens is 4. The molecule has 0 aliphatic rings. The van der Waals surface area contributed by atoms with E-state index >= 15 is 0 Å². The van der Waals surface area contributed by atoms with Gasteiger partial charge in [0.2, 0.25) is 11.9 Å². The van der Waals surface area contributed by atoms with Crippen molar-refractivity contribution in [3.8, 4) is 0 Å². The highest BCUT2D eigenvalue weighted by molar-refractivity contribution is 7.89. The summed E-state index contributed by atoms with van der Waals surface area (Å²) in [6, 6.07) is 17.5. The highest BCUT2D eigenvalue weighted by atomic mass is 35.5. The van der Waals surface area contributed by atoms with Gasteiger partial charge in [-0.2, -0.15) is 18.2 Å². The Morgan fingerprint density at radius 3 is 2.38 bits per heavy atom. The van der Waals surface area contributed by atoms with Gasteiger partial charge in [-0.3, -0.25) is 0 Å². The molecule has 9 nitrogen and oxygen atoms in total. The van der Waals surface area contributed by atoms with Crippen molar-refractivity contribution < 1.29 is 21.6 Å². The molecule has 0 radical (unpaired) electrons. The van der Waals surface area contributed by atoms with Gasteiger partial charge >= 0.3 is 6.18 Å². The number of imidazole rings is 1. The monoisotopic (exact) mass is 615 g/mol. The maximum Gasteiger partial charge on any atom is 0.416 e. The fourth-order valence-electron chi connectivity index (χ4n) is 4.27. The standard InChI is InChI=1S/C28H25ClF3N7O2S/c1-38(25-12-13-33-26(37-25)34-19-7-4-17(5-8-19)16-42(3,40)41)20-9-11-24-23(15-20)36-27(39(24)2)35-22-10-6-18(14-21(22)29)28(30,31)32/h4-15H,16H2,1-3H3,(H,35,36)(H,33,34,37). The van der Waals surface area contributed by atoms with Crippen LogP contribution >= 0.6 is 11.6 Å². The Balaban J connectivity index is 1.34. The van der Waals surface area contributed by atoms with Gasteiger partial charge in [0.25, 0.3) is 0 Å². The van der Waals surface area contributed by atoms with Crippen LogP contribution in [0.15, 0.2) is 72.9 Å². The van der Waals surface area contributed by atoms with Crippen molar-refractivity contribution in [2.45, 2.75) is 11.9 Å². The molecule has 218 valence electrons. The van der Waals surface area contributed by atoms with E-state index in [9.17, 15) is 21.6 Å². The molecule has 0 aliphatic carbocycles. The van der Waals surface area contributed by atoms with Gasteiger partial charge in [-0.15, -0.1) is 0 Å². The molecule has 5 aromatic rings. The molecule has 2 N–H and O–H groups in total. The topological polar surface area (TPSA) is 105 Å². The van der Waals surface area contributed by atoms with Crippen LogP contribution in [0.25, 0.3) is 11.0 Å². The molecule has 2 heterocycles. The second kappa shape index (κ2) is 11.1. The third-order valence-corrected chi connectivity index (χ3v) is 7.59. The lowest BCUT2D eigenvalue weighted by atomic mass is 10.2. The van der Waals surface area contributed by atoms with Gasteiger partial charge in [0.1, 0.15) is 5.82 Å².